The van der Waals surface area contributed by atoms with Crippen LogP contribution in [0, 0.1) is 0 Å². The number of aromatic hydroxyl groups is 1. The third-order valence-electron chi connectivity index (χ3n) is 4.60. The molecule has 0 bridgehead atoms. The second kappa shape index (κ2) is 7.37. The molecule has 0 saturated carbocycles. The molecule has 0 aliphatic carbocycles. The third kappa shape index (κ3) is 3.12. The molecule has 4 nitrogen and oxygen atoms in total. The summed E-state index contributed by atoms with van der Waals surface area (Å²) >= 11 is 0. The molecule has 0 saturated heterocycles. The van der Waals surface area contributed by atoms with Crippen LogP contribution < -0.4 is 0 Å². The highest BCUT2D eigenvalue weighted by atomic mass is 16.3. The highest BCUT2D eigenvalue weighted by Gasteiger charge is 2.26. The summed E-state index contributed by atoms with van der Waals surface area (Å²) in [6.07, 6.45) is 1.54. The quantitative estimate of drug-likeness (QED) is 0.496. The van der Waals surface area contributed by atoms with Crippen LogP contribution in [0.15, 0.2) is 91.1 Å². The maximum absolute atomic E-state index is 13.3. The van der Waals surface area contributed by atoms with E-state index in [1.165, 1.54) is 6.20 Å². The first kappa shape index (κ1) is 17.5. The average Bonchev–Trinajstić information content (AvgIpc) is 3.19. The largest absolute Gasteiger partial charge is 0.507 e. The summed E-state index contributed by atoms with van der Waals surface area (Å²) in [6.45, 7) is 0. The Balaban J connectivity index is 1.92. The first-order valence-electron chi connectivity index (χ1n) is 8.86. The molecule has 136 valence electrons. The number of para-hydroxylation sites is 1. The van der Waals surface area contributed by atoms with E-state index < -0.39 is 0 Å². The molecule has 0 fully saturated rings. The van der Waals surface area contributed by atoms with Crippen molar-refractivity contribution in [3.05, 3.63) is 113 Å². The lowest BCUT2D eigenvalue weighted by Gasteiger charge is -2.09. The number of H-pyrrole nitrogens is 1. The van der Waals surface area contributed by atoms with E-state index in [9.17, 15) is 14.7 Å². The topological polar surface area (TPSA) is 70.2 Å². The van der Waals surface area contributed by atoms with Gasteiger partial charge in [-0.3, -0.25) is 9.59 Å². The fraction of sp³-hybridized carbons (Fsp3) is 0. The zero-order valence-corrected chi connectivity index (χ0v) is 14.9. The van der Waals surface area contributed by atoms with E-state index in [1.807, 2.05) is 12.1 Å². The van der Waals surface area contributed by atoms with Crippen LogP contribution in [0.25, 0.3) is 11.3 Å². The van der Waals surface area contributed by atoms with Gasteiger partial charge in [-0.2, -0.15) is 0 Å². The number of phenolic OH excluding ortho intramolecular Hbond substituents is 1. The lowest BCUT2D eigenvalue weighted by molar-refractivity contribution is 0.100. The van der Waals surface area contributed by atoms with Gasteiger partial charge < -0.3 is 10.1 Å². The van der Waals surface area contributed by atoms with E-state index in [0.717, 1.165) is 0 Å². The van der Waals surface area contributed by atoms with E-state index in [4.69, 9.17) is 0 Å². The van der Waals surface area contributed by atoms with Crippen molar-refractivity contribution in [1.29, 1.82) is 0 Å². The van der Waals surface area contributed by atoms with E-state index in [1.54, 1.807) is 72.8 Å². The number of hydrogen-bond donors (Lipinski definition) is 2. The van der Waals surface area contributed by atoms with Gasteiger partial charge in [0.2, 0.25) is 0 Å². The van der Waals surface area contributed by atoms with Crippen molar-refractivity contribution in [2.24, 2.45) is 0 Å². The normalized spacial score (nSPS) is 10.6. The zero-order chi connectivity index (χ0) is 19.5. The molecule has 0 radical (unpaired) electrons. The molecule has 0 unspecified atom stereocenters. The molecule has 0 spiro atoms. The Bertz CT molecular complexity index is 1140. The van der Waals surface area contributed by atoms with Crippen LogP contribution in [0.5, 0.6) is 5.75 Å². The second-order valence-corrected chi connectivity index (χ2v) is 6.36. The molecule has 0 amide bonds. The highest BCUT2D eigenvalue weighted by Crippen LogP contribution is 2.34. The maximum Gasteiger partial charge on any atom is 0.195 e. The van der Waals surface area contributed by atoms with Gasteiger partial charge in [-0.25, -0.2) is 0 Å². The number of carbonyl (C=O) groups excluding carboxylic acids is 2. The Labute approximate surface area is 162 Å². The van der Waals surface area contributed by atoms with Crippen LogP contribution in [-0.4, -0.2) is 21.7 Å². The number of phenols is 1. The summed E-state index contributed by atoms with van der Waals surface area (Å²) < 4.78 is 0. The van der Waals surface area contributed by atoms with Crippen molar-refractivity contribution >= 4 is 11.6 Å². The van der Waals surface area contributed by atoms with Crippen LogP contribution in [0.4, 0.5) is 0 Å². The van der Waals surface area contributed by atoms with Crippen LogP contribution in [0.1, 0.15) is 31.8 Å². The minimum absolute atomic E-state index is 0.0326. The van der Waals surface area contributed by atoms with Crippen LogP contribution in [0.3, 0.4) is 0 Å². The number of rotatable bonds is 5. The van der Waals surface area contributed by atoms with Gasteiger partial charge >= 0.3 is 0 Å². The van der Waals surface area contributed by atoms with Gasteiger partial charge in [0.15, 0.2) is 11.6 Å². The van der Waals surface area contributed by atoms with Gasteiger partial charge in [-0.15, -0.1) is 0 Å². The van der Waals surface area contributed by atoms with E-state index >= 15 is 0 Å². The molecule has 4 rings (SSSR count). The molecule has 28 heavy (non-hydrogen) atoms. The summed E-state index contributed by atoms with van der Waals surface area (Å²) in [4.78, 5) is 29.4. The molecule has 0 aliphatic rings. The second-order valence-electron chi connectivity index (χ2n) is 6.36. The number of ketones is 2. The Kier molecular flexibility index (Phi) is 4.60. The number of aromatic amines is 1. The lowest BCUT2D eigenvalue weighted by atomic mass is 9.93. The van der Waals surface area contributed by atoms with Crippen LogP contribution >= 0.6 is 0 Å². The first-order chi connectivity index (χ1) is 13.7. The molecular weight excluding hydrogens is 350 g/mol. The molecule has 4 heteroatoms. The molecule has 4 aromatic rings. The van der Waals surface area contributed by atoms with Crippen molar-refractivity contribution in [1.82, 2.24) is 4.98 Å². The number of hydrogen-bond acceptors (Lipinski definition) is 3. The van der Waals surface area contributed by atoms with Gasteiger partial charge in [0.05, 0.1) is 16.8 Å². The highest BCUT2D eigenvalue weighted by molar-refractivity contribution is 6.22. The van der Waals surface area contributed by atoms with E-state index in [2.05, 4.69) is 4.98 Å². The van der Waals surface area contributed by atoms with Gasteiger partial charge in [-0.1, -0.05) is 72.8 Å². The van der Waals surface area contributed by atoms with Crippen LogP contribution in [0.2, 0.25) is 0 Å². The molecule has 1 heterocycles. The standard InChI is InChI=1S/C24H17NO3/c26-20-14-8-7-13-18(20)22-21(24(28)17-11-5-2-6-12-17)19(15-25-22)23(27)16-9-3-1-4-10-16/h1-15,25-26H. The molecule has 1 aromatic heterocycles. The fourth-order valence-corrected chi connectivity index (χ4v) is 3.21. The predicted molar refractivity (Wildman–Crippen MR) is 108 cm³/mol. The number of carbonyl (C=O) groups is 2. The fourth-order valence-electron chi connectivity index (χ4n) is 3.21. The summed E-state index contributed by atoms with van der Waals surface area (Å²) in [5.41, 5.74) is 2.38. The van der Waals surface area contributed by atoms with Crippen molar-refractivity contribution in [2.45, 2.75) is 0 Å². The number of aromatic nitrogens is 1. The van der Waals surface area contributed by atoms with Crippen LogP contribution in [-0.2, 0) is 0 Å². The lowest BCUT2D eigenvalue weighted by Crippen LogP contribution is -2.10. The average molecular weight is 367 g/mol. The molecular formula is C24H17NO3. The molecule has 2 N–H and O–H groups in total. The predicted octanol–water partition coefficient (Wildman–Crippen LogP) is 4.85. The smallest absolute Gasteiger partial charge is 0.195 e. The first-order valence-corrected chi connectivity index (χ1v) is 8.86. The minimum Gasteiger partial charge on any atom is -0.507 e. The van der Waals surface area contributed by atoms with Crippen molar-refractivity contribution in [3.8, 4) is 17.0 Å². The van der Waals surface area contributed by atoms with Gasteiger partial charge in [0.25, 0.3) is 0 Å². The van der Waals surface area contributed by atoms with Crippen molar-refractivity contribution in [2.75, 3.05) is 0 Å². The Morgan fingerprint density at radius 3 is 1.82 bits per heavy atom. The molecule has 0 aliphatic heterocycles. The summed E-state index contributed by atoms with van der Waals surface area (Å²) in [5.74, 6) is -0.498. The number of nitrogens with one attached hydrogen (secondary N) is 1. The SMILES string of the molecule is O=C(c1ccccc1)c1c[nH]c(-c2ccccc2O)c1C(=O)c1ccccc1. The summed E-state index contributed by atoms with van der Waals surface area (Å²) in [7, 11) is 0. The van der Waals surface area contributed by atoms with Gasteiger partial charge in [0.1, 0.15) is 5.75 Å². The molecule has 0 atom stereocenters. The Hall–Kier alpha value is -3.92. The monoisotopic (exact) mass is 367 g/mol. The Morgan fingerprint density at radius 1 is 0.679 bits per heavy atom. The Morgan fingerprint density at radius 2 is 1.21 bits per heavy atom. The number of benzene rings is 3. The summed E-state index contributed by atoms with van der Waals surface area (Å²) in [5, 5.41) is 10.3. The minimum atomic E-state index is -0.278. The van der Waals surface area contributed by atoms with E-state index in [-0.39, 0.29) is 28.4 Å². The van der Waals surface area contributed by atoms with Crippen molar-refractivity contribution in [3.63, 3.8) is 0 Å². The van der Waals surface area contributed by atoms with Gasteiger partial charge in [0, 0.05) is 22.9 Å². The maximum atomic E-state index is 13.3. The molecule has 3 aromatic carbocycles. The summed E-state index contributed by atoms with van der Waals surface area (Å²) in [6, 6.07) is 24.3. The van der Waals surface area contributed by atoms with E-state index in [0.29, 0.717) is 22.4 Å². The zero-order valence-electron chi connectivity index (χ0n) is 14.9. The van der Waals surface area contributed by atoms with Crippen molar-refractivity contribution < 1.29 is 14.7 Å². The third-order valence-corrected chi connectivity index (χ3v) is 4.60. The van der Waals surface area contributed by atoms with Gasteiger partial charge in [-0.05, 0) is 12.1 Å².